The third-order valence-electron chi connectivity index (χ3n) is 3.27. The molecular formula is C16H10ClF3N4O2. The Labute approximate surface area is 150 Å². The lowest BCUT2D eigenvalue weighted by Gasteiger charge is -2.11. The number of benzene rings is 1. The number of nitrogens with one attached hydrogen (secondary N) is 1. The van der Waals surface area contributed by atoms with Crippen LogP contribution in [-0.4, -0.2) is 21.0 Å². The molecule has 0 radical (unpaired) electrons. The molecule has 26 heavy (non-hydrogen) atoms. The van der Waals surface area contributed by atoms with Crippen LogP contribution in [0, 0.1) is 0 Å². The number of nitrogens with zero attached hydrogens (tertiary/aromatic N) is 3. The van der Waals surface area contributed by atoms with E-state index < -0.39 is 17.6 Å². The summed E-state index contributed by atoms with van der Waals surface area (Å²) < 4.78 is 41.6. The molecule has 10 heteroatoms. The van der Waals surface area contributed by atoms with Gasteiger partial charge >= 0.3 is 12.1 Å². The zero-order valence-electron chi connectivity index (χ0n) is 12.9. The molecule has 0 aliphatic heterocycles. The number of aromatic nitrogens is 3. The van der Waals surface area contributed by atoms with Crippen molar-refractivity contribution < 1.29 is 22.5 Å². The molecule has 134 valence electrons. The van der Waals surface area contributed by atoms with E-state index in [4.69, 9.17) is 11.6 Å². The number of hydrogen-bond donors (Lipinski definition) is 1. The van der Waals surface area contributed by atoms with E-state index >= 15 is 0 Å². The van der Waals surface area contributed by atoms with E-state index in [0.717, 1.165) is 0 Å². The third-order valence-corrected chi connectivity index (χ3v) is 3.60. The lowest BCUT2D eigenvalue weighted by atomic mass is 10.2. The predicted molar refractivity (Wildman–Crippen MR) is 85.0 cm³/mol. The van der Waals surface area contributed by atoms with Crippen LogP contribution < -0.4 is 5.32 Å². The van der Waals surface area contributed by atoms with Gasteiger partial charge in [-0.15, -0.1) is 0 Å². The molecule has 0 fully saturated rings. The first-order valence-corrected chi connectivity index (χ1v) is 7.65. The third kappa shape index (κ3) is 3.99. The molecule has 3 aromatic rings. The van der Waals surface area contributed by atoms with Crippen LogP contribution in [0.1, 0.15) is 27.4 Å². The molecule has 1 aromatic carbocycles. The summed E-state index contributed by atoms with van der Waals surface area (Å²) in [6.07, 6.45) is -3.48. The average Bonchev–Trinajstić information content (AvgIpc) is 3.13. The van der Waals surface area contributed by atoms with Gasteiger partial charge in [-0.25, -0.2) is 0 Å². The first-order valence-electron chi connectivity index (χ1n) is 7.22. The number of halogens is 4. The van der Waals surface area contributed by atoms with Crippen molar-refractivity contribution in [3.8, 4) is 11.4 Å². The molecule has 0 saturated carbocycles. The van der Waals surface area contributed by atoms with Crippen LogP contribution in [0.5, 0.6) is 0 Å². The van der Waals surface area contributed by atoms with Crippen molar-refractivity contribution in [1.82, 2.24) is 20.4 Å². The summed E-state index contributed by atoms with van der Waals surface area (Å²) in [5.74, 6) is -2.08. The summed E-state index contributed by atoms with van der Waals surface area (Å²) in [5, 5.41) is 5.83. The molecule has 0 saturated heterocycles. The maximum Gasteiger partial charge on any atom is 0.471 e. The van der Waals surface area contributed by atoms with E-state index in [0.29, 0.717) is 11.3 Å². The van der Waals surface area contributed by atoms with Crippen LogP contribution >= 0.6 is 11.6 Å². The van der Waals surface area contributed by atoms with Crippen molar-refractivity contribution in [2.75, 3.05) is 0 Å². The Bertz CT molecular complexity index is 898. The van der Waals surface area contributed by atoms with Crippen molar-refractivity contribution in [2.24, 2.45) is 0 Å². The molecular weight excluding hydrogens is 373 g/mol. The van der Waals surface area contributed by atoms with E-state index in [1.54, 1.807) is 30.3 Å². The van der Waals surface area contributed by atoms with Gasteiger partial charge in [-0.2, -0.15) is 18.2 Å². The highest BCUT2D eigenvalue weighted by Gasteiger charge is 2.38. The Morgan fingerprint density at radius 1 is 1.15 bits per heavy atom. The first kappa shape index (κ1) is 17.9. The smallest absolute Gasteiger partial charge is 0.331 e. The van der Waals surface area contributed by atoms with Gasteiger partial charge in [0.2, 0.25) is 5.82 Å². The standard InChI is InChI=1S/C16H10ClF3N4O2/c17-12(22-14(25)9-4-2-1-3-5-9)11-7-6-10(8-21-11)13-23-15(26-24-13)16(18,19)20/h1-8,12H,(H,22,25). The summed E-state index contributed by atoms with van der Waals surface area (Å²) in [7, 11) is 0. The minimum absolute atomic E-state index is 0.214. The molecule has 1 amide bonds. The van der Waals surface area contributed by atoms with E-state index in [9.17, 15) is 18.0 Å². The number of amides is 1. The number of hydrogen-bond acceptors (Lipinski definition) is 5. The van der Waals surface area contributed by atoms with E-state index in [2.05, 4.69) is 25.0 Å². The van der Waals surface area contributed by atoms with Crippen molar-refractivity contribution in [1.29, 1.82) is 0 Å². The van der Waals surface area contributed by atoms with Crippen LogP contribution in [0.2, 0.25) is 0 Å². The van der Waals surface area contributed by atoms with E-state index in [1.165, 1.54) is 18.3 Å². The van der Waals surface area contributed by atoms with Crippen molar-refractivity contribution in [2.45, 2.75) is 11.7 Å². The fourth-order valence-corrected chi connectivity index (χ4v) is 2.23. The second kappa shape index (κ2) is 7.12. The summed E-state index contributed by atoms with van der Waals surface area (Å²) in [4.78, 5) is 19.3. The second-order valence-corrected chi connectivity index (χ2v) is 5.53. The summed E-state index contributed by atoms with van der Waals surface area (Å²) in [5.41, 5.74) is 0.0273. The van der Waals surface area contributed by atoms with Gasteiger partial charge in [-0.3, -0.25) is 9.78 Å². The van der Waals surface area contributed by atoms with Crippen LogP contribution in [0.3, 0.4) is 0 Å². The van der Waals surface area contributed by atoms with Crippen molar-refractivity contribution in [3.63, 3.8) is 0 Å². The molecule has 6 nitrogen and oxygen atoms in total. The number of carbonyl (C=O) groups excluding carboxylic acids is 1. The number of pyridine rings is 1. The molecule has 0 spiro atoms. The fourth-order valence-electron chi connectivity index (χ4n) is 2.01. The number of alkyl halides is 4. The van der Waals surface area contributed by atoms with Gasteiger partial charge in [0.25, 0.3) is 5.91 Å². The van der Waals surface area contributed by atoms with Crippen LogP contribution in [0.4, 0.5) is 13.2 Å². The highest BCUT2D eigenvalue weighted by atomic mass is 35.5. The molecule has 0 aliphatic rings. The Morgan fingerprint density at radius 2 is 1.88 bits per heavy atom. The summed E-state index contributed by atoms with van der Waals surface area (Å²) in [6.45, 7) is 0. The van der Waals surface area contributed by atoms with E-state index in [-0.39, 0.29) is 17.3 Å². The molecule has 2 aromatic heterocycles. The zero-order chi connectivity index (χ0) is 18.7. The molecule has 1 unspecified atom stereocenters. The van der Waals surface area contributed by atoms with Gasteiger partial charge in [0.15, 0.2) is 0 Å². The Balaban J connectivity index is 1.71. The van der Waals surface area contributed by atoms with Crippen molar-refractivity contribution >= 4 is 17.5 Å². The topological polar surface area (TPSA) is 80.9 Å². The Hall–Kier alpha value is -2.94. The second-order valence-electron chi connectivity index (χ2n) is 5.09. The highest BCUT2D eigenvalue weighted by Crippen LogP contribution is 2.29. The first-order chi connectivity index (χ1) is 12.3. The van der Waals surface area contributed by atoms with Gasteiger partial charge in [0.05, 0.1) is 5.69 Å². The Morgan fingerprint density at radius 3 is 2.46 bits per heavy atom. The zero-order valence-corrected chi connectivity index (χ0v) is 13.6. The van der Waals surface area contributed by atoms with Gasteiger partial charge in [-0.1, -0.05) is 35.0 Å². The van der Waals surface area contributed by atoms with Crippen LogP contribution in [0.25, 0.3) is 11.4 Å². The van der Waals surface area contributed by atoms with Crippen molar-refractivity contribution in [3.05, 3.63) is 65.8 Å². The minimum atomic E-state index is -4.72. The average molecular weight is 383 g/mol. The lowest BCUT2D eigenvalue weighted by Crippen LogP contribution is -2.25. The molecule has 2 heterocycles. The highest BCUT2D eigenvalue weighted by molar-refractivity contribution is 6.21. The molecule has 3 rings (SSSR count). The summed E-state index contributed by atoms with van der Waals surface area (Å²) in [6, 6.07) is 11.3. The number of rotatable bonds is 4. The summed E-state index contributed by atoms with van der Waals surface area (Å²) >= 11 is 6.12. The quantitative estimate of drug-likeness (QED) is 0.548. The SMILES string of the molecule is O=C(NC(Cl)c1ccc(-c2noc(C(F)(F)F)n2)cn1)c1ccccc1. The normalized spacial score (nSPS) is 12.6. The Kier molecular flexibility index (Phi) is 4.90. The van der Waals surface area contributed by atoms with Crippen LogP contribution in [0.15, 0.2) is 53.2 Å². The predicted octanol–water partition coefficient (Wildman–Crippen LogP) is 3.82. The van der Waals surface area contributed by atoms with Gasteiger partial charge in [0.1, 0.15) is 5.50 Å². The molecule has 1 N–H and O–H groups in total. The number of carbonyl (C=O) groups is 1. The molecule has 0 aliphatic carbocycles. The largest absolute Gasteiger partial charge is 0.471 e. The minimum Gasteiger partial charge on any atom is -0.331 e. The lowest BCUT2D eigenvalue weighted by molar-refractivity contribution is -0.159. The fraction of sp³-hybridized carbons (Fsp3) is 0.125. The maximum atomic E-state index is 12.5. The van der Waals surface area contributed by atoms with Gasteiger partial charge in [0, 0.05) is 17.3 Å². The maximum absolute atomic E-state index is 12.5. The molecule has 0 bridgehead atoms. The molecule has 1 atom stereocenters. The van der Waals surface area contributed by atoms with Gasteiger partial charge in [-0.05, 0) is 24.3 Å². The van der Waals surface area contributed by atoms with Gasteiger partial charge < -0.3 is 9.84 Å². The van der Waals surface area contributed by atoms with Crippen LogP contribution in [-0.2, 0) is 6.18 Å². The van der Waals surface area contributed by atoms with E-state index in [1.807, 2.05) is 0 Å². The monoisotopic (exact) mass is 382 g/mol.